The van der Waals surface area contributed by atoms with Crippen molar-refractivity contribution in [2.24, 2.45) is 10.2 Å². The van der Waals surface area contributed by atoms with E-state index >= 15 is 0 Å². The number of Topliss-reactive ketones (excluding diaryl/α,β-unsaturated/α-hetero) is 1. The molecule has 0 bridgehead atoms. The average Bonchev–Trinajstić information content (AvgIpc) is 3.26. The first kappa shape index (κ1) is 18.9. The number of hydrogen-bond acceptors (Lipinski definition) is 7. The van der Waals surface area contributed by atoms with Crippen molar-refractivity contribution in [2.75, 3.05) is 6.61 Å². The fourth-order valence-corrected chi connectivity index (χ4v) is 2.37. The lowest BCUT2D eigenvalue weighted by molar-refractivity contribution is 0.0952. The van der Waals surface area contributed by atoms with Crippen molar-refractivity contribution in [1.29, 1.82) is 5.26 Å². The maximum atomic E-state index is 12.1. The quantitative estimate of drug-likeness (QED) is 0.462. The Hall–Kier alpha value is -3.92. The SMILES string of the molecule is N#CC(N=Nc1ccc(CCOc2ccc(O)cc2)cc1)C(=O)c1ccco1. The number of nitriles is 1. The summed E-state index contributed by atoms with van der Waals surface area (Å²) in [4.78, 5) is 12.1. The van der Waals surface area contributed by atoms with Crippen LogP contribution in [0.1, 0.15) is 16.1 Å². The van der Waals surface area contributed by atoms with Crippen molar-refractivity contribution in [3.8, 4) is 17.6 Å². The molecule has 0 aliphatic heterocycles. The molecule has 2 aromatic carbocycles. The Balaban J connectivity index is 1.53. The second kappa shape index (κ2) is 9.14. The number of ketones is 1. The van der Waals surface area contributed by atoms with Crippen LogP contribution in [0.2, 0.25) is 0 Å². The van der Waals surface area contributed by atoms with Crippen LogP contribution in [0, 0.1) is 11.3 Å². The molecule has 0 saturated carbocycles. The van der Waals surface area contributed by atoms with E-state index in [0.29, 0.717) is 24.5 Å². The molecule has 7 heteroatoms. The molecule has 140 valence electrons. The fraction of sp³-hybridized carbons (Fsp3) is 0.143. The molecule has 0 spiro atoms. The monoisotopic (exact) mass is 375 g/mol. The first-order chi connectivity index (χ1) is 13.7. The largest absolute Gasteiger partial charge is 0.508 e. The van der Waals surface area contributed by atoms with Crippen LogP contribution in [0.3, 0.4) is 0 Å². The van der Waals surface area contributed by atoms with Gasteiger partial charge in [-0.05, 0) is 54.1 Å². The van der Waals surface area contributed by atoms with Crippen LogP contribution >= 0.6 is 0 Å². The van der Waals surface area contributed by atoms with Gasteiger partial charge in [-0.25, -0.2) is 0 Å². The van der Waals surface area contributed by atoms with Gasteiger partial charge in [0.1, 0.15) is 17.6 Å². The van der Waals surface area contributed by atoms with Crippen LogP contribution in [0.15, 0.2) is 81.6 Å². The Morgan fingerprint density at radius 1 is 1.14 bits per heavy atom. The Labute approximate surface area is 161 Å². The number of ether oxygens (including phenoxy) is 1. The molecule has 0 aliphatic rings. The van der Waals surface area contributed by atoms with Crippen molar-refractivity contribution < 1.29 is 19.1 Å². The van der Waals surface area contributed by atoms with Crippen LogP contribution in [0.5, 0.6) is 11.5 Å². The van der Waals surface area contributed by atoms with Crippen LogP contribution in [-0.4, -0.2) is 23.5 Å². The standard InChI is InChI=1S/C21H17N3O4/c22-14-19(21(26)20-2-1-12-28-20)24-23-16-5-3-15(4-6-16)11-13-27-18-9-7-17(25)8-10-18/h1-10,12,19,25H,11,13H2. The first-order valence-corrected chi connectivity index (χ1v) is 8.54. The zero-order chi connectivity index (χ0) is 19.8. The minimum absolute atomic E-state index is 0.0782. The van der Waals surface area contributed by atoms with Crippen LogP contribution < -0.4 is 4.74 Å². The number of phenolic OH excluding ortho intramolecular Hbond substituents is 1. The Morgan fingerprint density at radius 3 is 2.54 bits per heavy atom. The van der Waals surface area contributed by atoms with E-state index in [4.69, 9.17) is 14.4 Å². The van der Waals surface area contributed by atoms with Crippen molar-refractivity contribution >= 4 is 11.5 Å². The van der Waals surface area contributed by atoms with Gasteiger partial charge >= 0.3 is 0 Å². The van der Waals surface area contributed by atoms with Gasteiger partial charge in [0.25, 0.3) is 0 Å². The summed E-state index contributed by atoms with van der Waals surface area (Å²) in [7, 11) is 0. The summed E-state index contributed by atoms with van der Waals surface area (Å²) in [5.41, 5.74) is 1.58. The zero-order valence-corrected chi connectivity index (χ0v) is 14.9. The second-order valence-corrected chi connectivity index (χ2v) is 5.85. The molecule has 3 rings (SSSR count). The highest BCUT2D eigenvalue weighted by molar-refractivity contribution is 5.99. The molecular weight excluding hydrogens is 358 g/mol. The summed E-state index contributed by atoms with van der Waals surface area (Å²) in [5.74, 6) is 0.433. The minimum Gasteiger partial charge on any atom is -0.508 e. The van der Waals surface area contributed by atoms with E-state index in [0.717, 1.165) is 5.56 Å². The third-order valence-electron chi connectivity index (χ3n) is 3.86. The molecule has 28 heavy (non-hydrogen) atoms. The predicted octanol–water partition coefficient (Wildman–Crippen LogP) is 4.47. The number of azo groups is 1. The van der Waals surface area contributed by atoms with Crippen LogP contribution in [0.4, 0.5) is 5.69 Å². The Bertz CT molecular complexity index is 972. The molecule has 7 nitrogen and oxygen atoms in total. The zero-order valence-electron chi connectivity index (χ0n) is 14.9. The molecule has 1 atom stereocenters. The van der Waals surface area contributed by atoms with E-state index in [9.17, 15) is 9.90 Å². The topological polar surface area (TPSA) is 108 Å². The second-order valence-electron chi connectivity index (χ2n) is 5.85. The summed E-state index contributed by atoms with van der Waals surface area (Å²) < 4.78 is 10.6. The van der Waals surface area contributed by atoms with Crippen LogP contribution in [-0.2, 0) is 6.42 Å². The molecule has 0 saturated heterocycles. The number of aromatic hydroxyl groups is 1. The highest BCUT2D eigenvalue weighted by Gasteiger charge is 2.21. The van der Waals surface area contributed by atoms with E-state index in [1.165, 1.54) is 12.3 Å². The lowest BCUT2D eigenvalue weighted by Crippen LogP contribution is -2.15. The lowest BCUT2D eigenvalue weighted by atomic mass is 10.1. The molecule has 0 amide bonds. The Morgan fingerprint density at radius 2 is 1.89 bits per heavy atom. The van der Waals surface area contributed by atoms with Gasteiger partial charge < -0.3 is 14.3 Å². The minimum atomic E-state index is -1.25. The molecule has 0 fully saturated rings. The van der Waals surface area contributed by atoms with Gasteiger partial charge in [-0.2, -0.15) is 15.5 Å². The molecular formula is C21H17N3O4. The summed E-state index contributed by atoms with van der Waals surface area (Å²) in [6.45, 7) is 0.486. The van der Waals surface area contributed by atoms with Crippen molar-refractivity contribution in [1.82, 2.24) is 0 Å². The maximum Gasteiger partial charge on any atom is 0.238 e. The average molecular weight is 375 g/mol. The maximum absolute atomic E-state index is 12.1. The third kappa shape index (κ3) is 5.05. The predicted molar refractivity (Wildman–Crippen MR) is 101 cm³/mol. The van der Waals surface area contributed by atoms with Gasteiger partial charge in [-0.15, -0.1) is 0 Å². The summed E-state index contributed by atoms with van der Waals surface area (Å²) in [6.07, 6.45) is 2.05. The molecule has 3 aromatic rings. The van der Waals surface area contributed by atoms with Crippen LogP contribution in [0.25, 0.3) is 0 Å². The molecule has 1 N–H and O–H groups in total. The number of carbonyl (C=O) groups is 1. The fourth-order valence-electron chi connectivity index (χ4n) is 2.37. The molecule has 0 aliphatic carbocycles. The van der Waals surface area contributed by atoms with Crippen molar-refractivity contribution in [2.45, 2.75) is 12.5 Å². The molecule has 1 unspecified atom stereocenters. The van der Waals surface area contributed by atoms with E-state index < -0.39 is 11.8 Å². The van der Waals surface area contributed by atoms with Gasteiger partial charge in [0.2, 0.25) is 11.8 Å². The number of carbonyl (C=O) groups excluding carboxylic acids is 1. The Kier molecular flexibility index (Phi) is 6.16. The van der Waals surface area contributed by atoms with Gasteiger partial charge in [0.05, 0.1) is 18.6 Å². The van der Waals surface area contributed by atoms with E-state index in [1.54, 1.807) is 42.5 Å². The van der Waals surface area contributed by atoms with Gasteiger partial charge in [-0.3, -0.25) is 4.79 Å². The number of nitrogens with zero attached hydrogens (tertiary/aromatic N) is 3. The third-order valence-corrected chi connectivity index (χ3v) is 3.86. The number of phenols is 1. The number of rotatable bonds is 8. The highest BCUT2D eigenvalue weighted by Crippen LogP contribution is 2.18. The number of benzene rings is 2. The van der Waals surface area contributed by atoms with E-state index in [-0.39, 0.29) is 11.5 Å². The van der Waals surface area contributed by atoms with Crippen molar-refractivity contribution in [3.05, 3.63) is 78.3 Å². The lowest BCUT2D eigenvalue weighted by Gasteiger charge is -2.06. The summed E-state index contributed by atoms with van der Waals surface area (Å²) >= 11 is 0. The van der Waals surface area contributed by atoms with Gasteiger partial charge in [0, 0.05) is 6.42 Å². The van der Waals surface area contributed by atoms with E-state index in [1.807, 2.05) is 18.2 Å². The molecule has 1 heterocycles. The number of furan rings is 1. The van der Waals surface area contributed by atoms with Gasteiger partial charge in [-0.1, -0.05) is 12.1 Å². The highest BCUT2D eigenvalue weighted by atomic mass is 16.5. The smallest absolute Gasteiger partial charge is 0.238 e. The van der Waals surface area contributed by atoms with E-state index in [2.05, 4.69) is 10.2 Å². The molecule has 1 aromatic heterocycles. The summed E-state index contributed by atoms with van der Waals surface area (Å²) in [6, 6.07) is 17.4. The summed E-state index contributed by atoms with van der Waals surface area (Å²) in [5, 5.41) is 26.2. The van der Waals surface area contributed by atoms with Gasteiger partial charge in [0.15, 0.2) is 5.76 Å². The number of hydrogen-bond donors (Lipinski definition) is 1. The molecule has 0 radical (unpaired) electrons. The first-order valence-electron chi connectivity index (χ1n) is 8.54. The normalized spacial score (nSPS) is 11.8. The van der Waals surface area contributed by atoms with Crippen molar-refractivity contribution in [3.63, 3.8) is 0 Å².